The van der Waals surface area contributed by atoms with Gasteiger partial charge < -0.3 is 4.74 Å². The third kappa shape index (κ3) is 4.42. The summed E-state index contributed by atoms with van der Waals surface area (Å²) in [5.74, 6) is 0.750. The van der Waals surface area contributed by atoms with Gasteiger partial charge in [0.1, 0.15) is 6.10 Å². The molecule has 1 saturated heterocycles. The quantitative estimate of drug-likeness (QED) is 0.653. The smallest absolute Gasteiger partial charge is 0.217 e. The fourth-order valence-electron chi connectivity index (χ4n) is 3.74. The molecule has 3 nitrogen and oxygen atoms in total. The highest BCUT2D eigenvalue weighted by atomic mass is 17.2. The van der Waals surface area contributed by atoms with Gasteiger partial charge >= 0.3 is 0 Å². The lowest BCUT2D eigenvalue weighted by atomic mass is 9.84. The third-order valence-corrected chi connectivity index (χ3v) is 5.27. The third-order valence-electron chi connectivity index (χ3n) is 5.27. The number of ether oxygens (including phenoxy) is 1. The van der Waals surface area contributed by atoms with Crippen LogP contribution in [0.1, 0.15) is 61.0 Å². The van der Waals surface area contributed by atoms with E-state index in [-0.39, 0.29) is 6.10 Å². The van der Waals surface area contributed by atoms with E-state index in [0.29, 0.717) is 6.61 Å². The second-order valence-corrected chi connectivity index (χ2v) is 7.17. The second kappa shape index (κ2) is 8.63. The lowest BCUT2D eigenvalue weighted by molar-refractivity contribution is -0.437. The molecule has 1 aliphatic heterocycles. The number of hydrogen-bond donors (Lipinski definition) is 0. The molecule has 136 valence electrons. The van der Waals surface area contributed by atoms with E-state index in [9.17, 15) is 0 Å². The van der Waals surface area contributed by atoms with Gasteiger partial charge in [-0.05, 0) is 36.0 Å². The van der Waals surface area contributed by atoms with Crippen LogP contribution in [-0.2, 0) is 14.5 Å². The predicted octanol–water partition coefficient (Wildman–Crippen LogP) is 5.79. The SMILES string of the molecule is C(=C\C1COC(c2ccccc2)OO1)/c1ccc(C2CCCCC2)cc1. The van der Waals surface area contributed by atoms with Gasteiger partial charge in [0.15, 0.2) is 0 Å². The summed E-state index contributed by atoms with van der Waals surface area (Å²) in [6, 6.07) is 18.8. The summed E-state index contributed by atoms with van der Waals surface area (Å²) in [5.41, 5.74) is 3.62. The normalized spacial score (nSPS) is 24.8. The van der Waals surface area contributed by atoms with Crippen molar-refractivity contribution < 1.29 is 14.5 Å². The minimum absolute atomic E-state index is 0.187. The lowest BCUT2D eigenvalue weighted by Crippen LogP contribution is -2.27. The van der Waals surface area contributed by atoms with Crippen molar-refractivity contribution in [1.82, 2.24) is 0 Å². The van der Waals surface area contributed by atoms with Crippen LogP contribution >= 0.6 is 0 Å². The van der Waals surface area contributed by atoms with Gasteiger partial charge in [0.05, 0.1) is 6.61 Å². The molecule has 0 amide bonds. The van der Waals surface area contributed by atoms with Gasteiger partial charge in [0.25, 0.3) is 0 Å². The van der Waals surface area contributed by atoms with Crippen molar-refractivity contribution in [3.05, 3.63) is 77.4 Å². The molecule has 0 aromatic heterocycles. The first-order chi connectivity index (χ1) is 12.9. The van der Waals surface area contributed by atoms with Crippen LogP contribution in [-0.4, -0.2) is 12.7 Å². The molecule has 2 aromatic rings. The highest BCUT2D eigenvalue weighted by Gasteiger charge is 2.23. The minimum atomic E-state index is -0.448. The van der Waals surface area contributed by atoms with Crippen molar-refractivity contribution in [2.75, 3.05) is 6.61 Å². The molecule has 3 heteroatoms. The average molecular weight is 350 g/mol. The molecular formula is C23H26O3. The summed E-state index contributed by atoms with van der Waals surface area (Å²) in [6.07, 6.45) is 10.2. The van der Waals surface area contributed by atoms with Crippen molar-refractivity contribution in [2.24, 2.45) is 0 Å². The van der Waals surface area contributed by atoms with Crippen LogP contribution in [0.25, 0.3) is 6.08 Å². The molecule has 4 rings (SSSR count). The Labute approximate surface area is 155 Å². The first-order valence-electron chi connectivity index (χ1n) is 9.65. The van der Waals surface area contributed by atoms with E-state index in [4.69, 9.17) is 14.5 Å². The Morgan fingerprint density at radius 2 is 1.54 bits per heavy atom. The second-order valence-electron chi connectivity index (χ2n) is 7.17. The molecule has 1 aliphatic carbocycles. The molecule has 2 aliphatic rings. The average Bonchev–Trinajstić information content (AvgIpc) is 2.74. The highest BCUT2D eigenvalue weighted by Crippen LogP contribution is 2.32. The van der Waals surface area contributed by atoms with E-state index in [0.717, 1.165) is 11.5 Å². The minimum Gasteiger partial charge on any atom is -0.343 e. The maximum absolute atomic E-state index is 5.77. The first kappa shape index (κ1) is 17.5. The first-order valence-corrected chi connectivity index (χ1v) is 9.65. The van der Waals surface area contributed by atoms with E-state index in [1.807, 2.05) is 36.4 Å². The Balaban J connectivity index is 1.30. The molecule has 1 heterocycles. The van der Waals surface area contributed by atoms with Crippen molar-refractivity contribution in [3.63, 3.8) is 0 Å². The van der Waals surface area contributed by atoms with Gasteiger partial charge in [0.2, 0.25) is 6.29 Å². The Hall–Kier alpha value is -1.94. The Morgan fingerprint density at radius 1 is 0.769 bits per heavy atom. The van der Waals surface area contributed by atoms with Gasteiger partial charge in [-0.15, -0.1) is 0 Å². The molecular weight excluding hydrogens is 324 g/mol. The Kier molecular flexibility index (Phi) is 5.80. The standard InChI is InChI=1S/C23H26O3/c1-3-7-19(8-4-1)20-14-11-18(12-15-20)13-16-22-17-24-23(26-25-22)21-9-5-2-6-10-21/h2,5-6,9-16,19,22-23H,1,3-4,7-8,17H2/b16-13+. The predicted molar refractivity (Wildman–Crippen MR) is 102 cm³/mol. The molecule has 26 heavy (non-hydrogen) atoms. The molecule has 2 aromatic carbocycles. The summed E-state index contributed by atoms with van der Waals surface area (Å²) in [6.45, 7) is 0.482. The van der Waals surface area contributed by atoms with Crippen LogP contribution in [0.5, 0.6) is 0 Å². The van der Waals surface area contributed by atoms with E-state index >= 15 is 0 Å². The summed E-state index contributed by atoms with van der Waals surface area (Å²) in [4.78, 5) is 10.9. The summed E-state index contributed by atoms with van der Waals surface area (Å²) >= 11 is 0. The molecule has 0 N–H and O–H groups in total. The van der Waals surface area contributed by atoms with Crippen molar-refractivity contribution in [3.8, 4) is 0 Å². The zero-order valence-electron chi connectivity index (χ0n) is 15.1. The van der Waals surface area contributed by atoms with Gasteiger partial charge in [-0.25, -0.2) is 4.89 Å². The highest BCUT2D eigenvalue weighted by molar-refractivity contribution is 5.50. The zero-order chi connectivity index (χ0) is 17.6. The van der Waals surface area contributed by atoms with Crippen LogP contribution in [0.3, 0.4) is 0 Å². The lowest BCUT2D eigenvalue weighted by Gasteiger charge is -2.26. The van der Waals surface area contributed by atoms with Gasteiger partial charge in [-0.1, -0.05) is 79.9 Å². The molecule has 2 fully saturated rings. The topological polar surface area (TPSA) is 27.7 Å². The number of benzene rings is 2. The van der Waals surface area contributed by atoms with Crippen LogP contribution in [0.15, 0.2) is 60.7 Å². The fraction of sp³-hybridized carbons (Fsp3) is 0.391. The largest absolute Gasteiger partial charge is 0.343 e. The van der Waals surface area contributed by atoms with E-state index in [2.05, 4.69) is 30.3 Å². The van der Waals surface area contributed by atoms with Crippen LogP contribution in [0.4, 0.5) is 0 Å². The van der Waals surface area contributed by atoms with E-state index < -0.39 is 6.29 Å². The van der Waals surface area contributed by atoms with E-state index in [1.54, 1.807) is 0 Å². The van der Waals surface area contributed by atoms with E-state index in [1.165, 1.54) is 43.2 Å². The van der Waals surface area contributed by atoms with Crippen molar-refractivity contribution in [1.29, 1.82) is 0 Å². The van der Waals surface area contributed by atoms with Crippen LogP contribution < -0.4 is 0 Å². The molecule has 0 bridgehead atoms. The summed E-state index contributed by atoms with van der Waals surface area (Å²) < 4.78 is 5.77. The molecule has 2 atom stereocenters. The van der Waals surface area contributed by atoms with Crippen LogP contribution in [0, 0.1) is 0 Å². The van der Waals surface area contributed by atoms with Gasteiger partial charge in [-0.2, -0.15) is 4.89 Å². The molecule has 0 spiro atoms. The van der Waals surface area contributed by atoms with Gasteiger partial charge in [-0.3, -0.25) is 0 Å². The van der Waals surface area contributed by atoms with Crippen molar-refractivity contribution >= 4 is 6.08 Å². The molecule has 2 unspecified atom stereocenters. The number of hydrogen-bond acceptors (Lipinski definition) is 3. The maximum atomic E-state index is 5.77. The van der Waals surface area contributed by atoms with Gasteiger partial charge in [0, 0.05) is 5.56 Å². The maximum Gasteiger partial charge on any atom is 0.217 e. The molecule has 0 radical (unpaired) electrons. The monoisotopic (exact) mass is 350 g/mol. The zero-order valence-corrected chi connectivity index (χ0v) is 15.1. The molecule has 1 saturated carbocycles. The number of rotatable bonds is 4. The summed E-state index contributed by atoms with van der Waals surface area (Å²) in [5, 5.41) is 0. The van der Waals surface area contributed by atoms with Crippen molar-refractivity contribution in [2.45, 2.75) is 50.4 Å². The Morgan fingerprint density at radius 3 is 2.23 bits per heavy atom. The van der Waals surface area contributed by atoms with Crippen LogP contribution in [0.2, 0.25) is 0 Å². The Bertz CT molecular complexity index is 694. The summed E-state index contributed by atoms with van der Waals surface area (Å²) in [7, 11) is 0. The fourth-order valence-corrected chi connectivity index (χ4v) is 3.74.